The Morgan fingerprint density at radius 2 is 1.93 bits per heavy atom. The van der Waals surface area contributed by atoms with Gasteiger partial charge in [0, 0.05) is 64.0 Å². The minimum absolute atomic E-state index is 0.00439. The van der Waals surface area contributed by atoms with Crippen molar-refractivity contribution in [2.75, 3.05) is 44.2 Å². The molecule has 3 aliphatic heterocycles. The highest BCUT2D eigenvalue weighted by atomic mass is 32.2. The van der Waals surface area contributed by atoms with E-state index in [1.807, 2.05) is 6.92 Å². The highest BCUT2D eigenvalue weighted by Gasteiger charge is 2.37. The zero-order chi connectivity index (χ0) is 19.2. The van der Waals surface area contributed by atoms with Gasteiger partial charge in [-0.25, -0.2) is 8.42 Å². The minimum Gasteiger partial charge on any atom is -0.314 e. The number of fused-ring (bicyclic) bond motifs is 1. The second-order valence-electron chi connectivity index (χ2n) is 7.82. The lowest BCUT2D eigenvalue weighted by atomic mass is 10.1. The van der Waals surface area contributed by atoms with Crippen LogP contribution in [0.4, 0.5) is 5.69 Å². The van der Waals surface area contributed by atoms with E-state index in [1.165, 1.54) is 0 Å². The molecule has 0 aliphatic carbocycles. The van der Waals surface area contributed by atoms with E-state index in [9.17, 15) is 13.2 Å². The molecule has 2 unspecified atom stereocenters. The topological polar surface area (TPSA) is 73.0 Å². The molecule has 2 fully saturated rings. The van der Waals surface area contributed by atoms with E-state index >= 15 is 0 Å². The summed E-state index contributed by atoms with van der Waals surface area (Å²) in [6.45, 7) is 8.59. The molecule has 3 heterocycles. The van der Waals surface area contributed by atoms with Crippen molar-refractivity contribution in [1.82, 2.24) is 14.5 Å². The van der Waals surface area contributed by atoms with Gasteiger partial charge in [-0.15, -0.1) is 0 Å². The molecular formula is C19H28N4O3S. The molecule has 148 valence electrons. The lowest BCUT2D eigenvalue weighted by molar-refractivity contribution is -0.116. The van der Waals surface area contributed by atoms with Crippen LogP contribution in [-0.2, 0) is 21.2 Å². The van der Waals surface area contributed by atoms with Gasteiger partial charge in [0.2, 0.25) is 15.9 Å². The van der Waals surface area contributed by atoms with Crippen molar-refractivity contribution in [2.45, 2.75) is 43.7 Å². The third-order valence-electron chi connectivity index (χ3n) is 6.04. The molecule has 27 heavy (non-hydrogen) atoms. The fourth-order valence-electron chi connectivity index (χ4n) is 4.67. The van der Waals surface area contributed by atoms with Crippen LogP contribution < -0.4 is 10.2 Å². The Morgan fingerprint density at radius 1 is 1.19 bits per heavy atom. The summed E-state index contributed by atoms with van der Waals surface area (Å²) >= 11 is 0. The highest BCUT2D eigenvalue weighted by Crippen LogP contribution is 2.35. The van der Waals surface area contributed by atoms with Crippen molar-refractivity contribution in [3.05, 3.63) is 23.8 Å². The van der Waals surface area contributed by atoms with Gasteiger partial charge in [-0.3, -0.25) is 9.69 Å². The fourth-order valence-corrected chi connectivity index (χ4v) is 6.21. The van der Waals surface area contributed by atoms with Crippen molar-refractivity contribution in [1.29, 1.82) is 0 Å². The number of benzene rings is 1. The molecule has 0 radical (unpaired) electrons. The van der Waals surface area contributed by atoms with Crippen LogP contribution in [0.15, 0.2) is 23.1 Å². The average molecular weight is 393 g/mol. The van der Waals surface area contributed by atoms with Crippen molar-refractivity contribution in [2.24, 2.45) is 0 Å². The number of piperazine rings is 1. The summed E-state index contributed by atoms with van der Waals surface area (Å²) < 4.78 is 28.0. The molecule has 3 aliphatic rings. The standard InChI is InChI=1S/C19H28N4O3S/c1-14-11-16-12-18(3-4-19(16)23(14)15(2)24)27(25,26)22-8-5-17(13-22)21-9-6-20-7-10-21/h3-4,12,14,17,20H,5-11,13H2,1-2H3. The summed E-state index contributed by atoms with van der Waals surface area (Å²) in [5.41, 5.74) is 1.78. The summed E-state index contributed by atoms with van der Waals surface area (Å²) in [5, 5.41) is 3.34. The zero-order valence-electron chi connectivity index (χ0n) is 16.0. The molecule has 1 amide bonds. The van der Waals surface area contributed by atoms with Gasteiger partial charge in [0.15, 0.2) is 0 Å². The quantitative estimate of drug-likeness (QED) is 0.818. The molecule has 0 aromatic heterocycles. The molecular weight excluding hydrogens is 364 g/mol. The van der Waals surface area contributed by atoms with E-state index in [2.05, 4.69) is 10.2 Å². The van der Waals surface area contributed by atoms with Crippen LogP contribution in [0.3, 0.4) is 0 Å². The monoisotopic (exact) mass is 392 g/mol. The van der Waals surface area contributed by atoms with Gasteiger partial charge >= 0.3 is 0 Å². The highest BCUT2D eigenvalue weighted by molar-refractivity contribution is 7.89. The number of carbonyl (C=O) groups excluding carboxylic acids is 1. The normalized spacial score (nSPS) is 27.1. The molecule has 1 aromatic rings. The first kappa shape index (κ1) is 18.9. The number of carbonyl (C=O) groups is 1. The molecule has 0 bridgehead atoms. The lowest BCUT2D eigenvalue weighted by Crippen LogP contribution is -2.49. The Hall–Kier alpha value is -1.48. The molecule has 1 aromatic carbocycles. The van der Waals surface area contributed by atoms with E-state index < -0.39 is 10.0 Å². The average Bonchev–Trinajstić information content (AvgIpc) is 3.26. The van der Waals surface area contributed by atoms with E-state index in [4.69, 9.17) is 0 Å². The van der Waals surface area contributed by atoms with Crippen molar-refractivity contribution in [3.63, 3.8) is 0 Å². The first-order valence-corrected chi connectivity index (χ1v) is 11.2. The summed E-state index contributed by atoms with van der Waals surface area (Å²) in [5.74, 6) is -0.00439. The lowest BCUT2D eigenvalue weighted by Gasteiger charge is -2.32. The summed E-state index contributed by atoms with van der Waals surface area (Å²) in [6.07, 6.45) is 1.58. The number of hydrogen-bond donors (Lipinski definition) is 1. The Kier molecular flexibility index (Phi) is 5.00. The molecule has 0 spiro atoms. The number of sulfonamides is 1. The first-order chi connectivity index (χ1) is 12.9. The van der Waals surface area contributed by atoms with Gasteiger partial charge in [0.1, 0.15) is 0 Å². The number of amides is 1. The van der Waals surface area contributed by atoms with E-state index in [0.717, 1.165) is 43.9 Å². The van der Waals surface area contributed by atoms with E-state index in [0.29, 0.717) is 30.4 Å². The molecule has 1 N–H and O–H groups in total. The second-order valence-corrected chi connectivity index (χ2v) is 9.76. The Morgan fingerprint density at radius 3 is 2.63 bits per heavy atom. The SMILES string of the molecule is CC(=O)N1c2ccc(S(=O)(=O)N3CCC(N4CCNCC4)C3)cc2CC1C. The summed E-state index contributed by atoms with van der Waals surface area (Å²) in [4.78, 5) is 16.4. The summed E-state index contributed by atoms with van der Waals surface area (Å²) in [7, 11) is -3.50. The smallest absolute Gasteiger partial charge is 0.243 e. The van der Waals surface area contributed by atoms with Gasteiger partial charge < -0.3 is 10.2 Å². The van der Waals surface area contributed by atoms with Crippen molar-refractivity contribution in [3.8, 4) is 0 Å². The third-order valence-corrected chi connectivity index (χ3v) is 7.90. The molecule has 2 atom stereocenters. The number of rotatable bonds is 3. The van der Waals surface area contributed by atoms with Crippen LogP contribution in [0, 0.1) is 0 Å². The maximum Gasteiger partial charge on any atom is 0.243 e. The van der Waals surface area contributed by atoms with Crippen LogP contribution in [0.2, 0.25) is 0 Å². The van der Waals surface area contributed by atoms with Gasteiger partial charge in [-0.2, -0.15) is 4.31 Å². The Labute approximate surface area is 161 Å². The molecule has 0 saturated carbocycles. The van der Waals surface area contributed by atoms with Crippen molar-refractivity contribution < 1.29 is 13.2 Å². The maximum absolute atomic E-state index is 13.2. The van der Waals surface area contributed by atoms with E-state index in [-0.39, 0.29) is 11.9 Å². The maximum atomic E-state index is 13.2. The number of hydrogen-bond acceptors (Lipinski definition) is 5. The van der Waals surface area contributed by atoms with Crippen LogP contribution in [0.25, 0.3) is 0 Å². The molecule has 8 heteroatoms. The van der Waals surface area contributed by atoms with E-state index in [1.54, 1.807) is 34.3 Å². The van der Waals surface area contributed by atoms with Crippen molar-refractivity contribution >= 4 is 21.6 Å². The third kappa shape index (κ3) is 3.40. The van der Waals surface area contributed by atoms with Crippen LogP contribution in [0.1, 0.15) is 25.8 Å². The number of nitrogens with zero attached hydrogens (tertiary/aromatic N) is 3. The summed E-state index contributed by atoms with van der Waals surface area (Å²) in [6, 6.07) is 5.59. The number of nitrogens with one attached hydrogen (secondary N) is 1. The largest absolute Gasteiger partial charge is 0.314 e. The fraction of sp³-hybridized carbons (Fsp3) is 0.632. The van der Waals surface area contributed by atoms with Gasteiger partial charge in [0.05, 0.1) is 4.90 Å². The molecule has 2 saturated heterocycles. The van der Waals surface area contributed by atoms with Crippen LogP contribution in [0.5, 0.6) is 0 Å². The molecule has 4 rings (SSSR count). The minimum atomic E-state index is -3.50. The Balaban J connectivity index is 1.53. The second kappa shape index (κ2) is 7.16. The van der Waals surface area contributed by atoms with Crippen LogP contribution >= 0.6 is 0 Å². The zero-order valence-corrected chi connectivity index (χ0v) is 16.8. The first-order valence-electron chi connectivity index (χ1n) is 9.75. The number of anilines is 1. The van der Waals surface area contributed by atoms with Gasteiger partial charge in [-0.1, -0.05) is 0 Å². The Bertz CT molecular complexity index is 835. The predicted molar refractivity (Wildman–Crippen MR) is 104 cm³/mol. The molecule has 7 nitrogen and oxygen atoms in total. The van der Waals surface area contributed by atoms with Gasteiger partial charge in [-0.05, 0) is 43.5 Å². The predicted octanol–water partition coefficient (Wildman–Crippen LogP) is 0.652. The van der Waals surface area contributed by atoms with Gasteiger partial charge in [0.25, 0.3) is 0 Å². The van der Waals surface area contributed by atoms with Crippen LogP contribution in [-0.4, -0.2) is 74.9 Å².